The summed E-state index contributed by atoms with van der Waals surface area (Å²) in [6.07, 6.45) is 1.78. The Morgan fingerprint density at radius 1 is 1.19 bits per heavy atom. The monoisotopic (exact) mass is 296 g/mol. The highest BCUT2D eigenvalue weighted by atomic mass is 16.5. The van der Waals surface area contributed by atoms with Crippen molar-refractivity contribution in [1.29, 1.82) is 0 Å². The maximum atomic E-state index is 6.11. The fourth-order valence-electron chi connectivity index (χ4n) is 1.73. The van der Waals surface area contributed by atoms with E-state index in [2.05, 4.69) is 43.0 Å². The van der Waals surface area contributed by atoms with Gasteiger partial charge in [0.2, 0.25) is 5.88 Å². The van der Waals surface area contributed by atoms with Crippen LogP contribution in [0.3, 0.4) is 0 Å². The van der Waals surface area contributed by atoms with Crippen molar-refractivity contribution in [3.63, 3.8) is 0 Å². The lowest BCUT2D eigenvalue weighted by molar-refractivity contribution is 0.144. The number of aromatic nitrogens is 2. The van der Waals surface area contributed by atoms with Gasteiger partial charge in [-0.2, -0.15) is 4.98 Å². The highest BCUT2D eigenvalue weighted by Gasteiger charge is 2.15. The summed E-state index contributed by atoms with van der Waals surface area (Å²) in [4.78, 5) is 8.95. The molecular weight excluding hydrogens is 268 g/mol. The fourth-order valence-corrected chi connectivity index (χ4v) is 1.73. The average molecular weight is 296 g/mol. The van der Waals surface area contributed by atoms with E-state index >= 15 is 0 Å². The van der Waals surface area contributed by atoms with Crippen molar-refractivity contribution in [2.75, 3.05) is 31.4 Å². The van der Waals surface area contributed by atoms with Gasteiger partial charge in [0, 0.05) is 19.6 Å². The molecule has 1 aromatic heterocycles. The van der Waals surface area contributed by atoms with Crippen LogP contribution >= 0.6 is 0 Å². The highest BCUT2D eigenvalue weighted by molar-refractivity contribution is 5.67. The number of nitrogens with one attached hydrogen (secondary N) is 1. The summed E-state index contributed by atoms with van der Waals surface area (Å²) in [6, 6.07) is 0.293. The van der Waals surface area contributed by atoms with E-state index < -0.39 is 0 Å². The first kappa shape index (κ1) is 17.5. The molecule has 1 atom stereocenters. The van der Waals surface area contributed by atoms with E-state index in [4.69, 9.17) is 15.2 Å². The van der Waals surface area contributed by atoms with Gasteiger partial charge in [0.05, 0.1) is 6.61 Å². The molecule has 1 heterocycles. The summed E-state index contributed by atoms with van der Waals surface area (Å²) in [5, 5.41) is 3.32. The lowest BCUT2D eigenvalue weighted by atomic mass is 10.1. The van der Waals surface area contributed by atoms with Crippen LogP contribution in [-0.2, 0) is 11.2 Å². The van der Waals surface area contributed by atoms with E-state index in [9.17, 15) is 0 Å². The molecule has 0 saturated heterocycles. The maximum Gasteiger partial charge on any atom is 0.242 e. The molecule has 0 aromatic carbocycles. The predicted molar refractivity (Wildman–Crippen MR) is 85.7 cm³/mol. The van der Waals surface area contributed by atoms with Crippen LogP contribution < -0.4 is 15.8 Å². The quantitative estimate of drug-likeness (QED) is 0.681. The molecule has 0 aliphatic carbocycles. The molecule has 1 aromatic rings. The van der Waals surface area contributed by atoms with Gasteiger partial charge in [-0.1, -0.05) is 20.8 Å². The first-order chi connectivity index (χ1) is 9.97. The van der Waals surface area contributed by atoms with Crippen LogP contribution in [-0.4, -0.2) is 36.3 Å². The van der Waals surface area contributed by atoms with Crippen LogP contribution in [0.25, 0.3) is 0 Å². The van der Waals surface area contributed by atoms with Crippen LogP contribution in [0.4, 0.5) is 11.5 Å². The standard InChI is InChI=1S/C15H28N4O2/c1-6-11(4)17-14-13(16)15(21-8-7-20-5)19-12(18-14)9-10(2)3/h10-11H,6-9,16H2,1-5H3,(H,17,18,19). The summed E-state index contributed by atoms with van der Waals surface area (Å²) in [5.74, 6) is 2.31. The summed E-state index contributed by atoms with van der Waals surface area (Å²) < 4.78 is 10.6. The number of nitrogens with two attached hydrogens (primary N) is 1. The molecule has 0 saturated carbocycles. The Labute approximate surface area is 127 Å². The summed E-state index contributed by atoms with van der Waals surface area (Å²) in [7, 11) is 1.63. The van der Waals surface area contributed by atoms with E-state index in [1.165, 1.54) is 0 Å². The molecule has 0 radical (unpaired) electrons. The molecule has 0 spiro atoms. The lowest BCUT2D eigenvalue weighted by Crippen LogP contribution is -2.19. The Morgan fingerprint density at radius 2 is 1.90 bits per heavy atom. The first-order valence-electron chi connectivity index (χ1n) is 7.52. The third-order valence-electron chi connectivity index (χ3n) is 3.07. The molecule has 6 heteroatoms. The summed E-state index contributed by atoms with van der Waals surface area (Å²) in [5.41, 5.74) is 6.57. The zero-order valence-corrected chi connectivity index (χ0v) is 13.8. The van der Waals surface area contributed by atoms with Gasteiger partial charge in [-0.25, -0.2) is 4.98 Å². The van der Waals surface area contributed by atoms with Gasteiger partial charge in [-0.05, 0) is 19.3 Å². The van der Waals surface area contributed by atoms with Gasteiger partial charge in [0.1, 0.15) is 18.1 Å². The van der Waals surface area contributed by atoms with Crippen LogP contribution in [0.5, 0.6) is 5.88 Å². The zero-order valence-electron chi connectivity index (χ0n) is 13.8. The van der Waals surface area contributed by atoms with Gasteiger partial charge < -0.3 is 20.5 Å². The van der Waals surface area contributed by atoms with Gasteiger partial charge in [-0.3, -0.25) is 0 Å². The van der Waals surface area contributed by atoms with Crippen molar-refractivity contribution in [2.45, 2.75) is 46.6 Å². The van der Waals surface area contributed by atoms with Gasteiger partial charge >= 0.3 is 0 Å². The second-order valence-corrected chi connectivity index (χ2v) is 5.60. The number of methoxy groups -OCH3 is 1. The minimum atomic E-state index is 0.293. The molecule has 6 nitrogen and oxygen atoms in total. The highest BCUT2D eigenvalue weighted by Crippen LogP contribution is 2.27. The van der Waals surface area contributed by atoms with Crippen LogP contribution in [0, 0.1) is 5.92 Å². The van der Waals surface area contributed by atoms with Crippen molar-refractivity contribution >= 4 is 11.5 Å². The van der Waals surface area contributed by atoms with Crippen molar-refractivity contribution in [1.82, 2.24) is 9.97 Å². The predicted octanol–water partition coefficient (Wildman–Crippen LogP) is 2.49. The van der Waals surface area contributed by atoms with E-state index in [1.54, 1.807) is 7.11 Å². The van der Waals surface area contributed by atoms with Crippen molar-refractivity contribution < 1.29 is 9.47 Å². The topological polar surface area (TPSA) is 82.3 Å². The molecule has 1 rings (SSSR count). The van der Waals surface area contributed by atoms with Gasteiger partial charge in [0.15, 0.2) is 5.82 Å². The van der Waals surface area contributed by atoms with Crippen LogP contribution in [0.15, 0.2) is 0 Å². The molecule has 0 bridgehead atoms. The summed E-state index contributed by atoms with van der Waals surface area (Å²) >= 11 is 0. The molecule has 0 aliphatic rings. The Bertz CT molecular complexity index is 438. The minimum absolute atomic E-state index is 0.293. The van der Waals surface area contributed by atoms with E-state index in [0.717, 1.165) is 18.7 Å². The maximum absolute atomic E-state index is 6.11. The fraction of sp³-hybridized carbons (Fsp3) is 0.733. The first-order valence-corrected chi connectivity index (χ1v) is 7.52. The second kappa shape index (κ2) is 8.67. The Kier molecular flexibility index (Phi) is 7.22. The van der Waals surface area contributed by atoms with Crippen LogP contribution in [0.1, 0.15) is 39.9 Å². The number of anilines is 2. The molecular formula is C15H28N4O2. The largest absolute Gasteiger partial charge is 0.474 e. The van der Waals surface area contributed by atoms with Crippen molar-refractivity contribution in [2.24, 2.45) is 5.92 Å². The van der Waals surface area contributed by atoms with E-state index in [-0.39, 0.29) is 0 Å². The number of nitrogen functional groups attached to an aromatic ring is 1. The number of hydrogen-bond donors (Lipinski definition) is 2. The molecule has 0 aliphatic heterocycles. The normalized spacial score (nSPS) is 12.5. The molecule has 120 valence electrons. The zero-order chi connectivity index (χ0) is 15.8. The number of ether oxygens (including phenoxy) is 2. The van der Waals surface area contributed by atoms with Crippen LogP contribution in [0.2, 0.25) is 0 Å². The molecule has 1 unspecified atom stereocenters. The second-order valence-electron chi connectivity index (χ2n) is 5.60. The molecule has 3 N–H and O–H groups in total. The Hall–Kier alpha value is -1.56. The third-order valence-corrected chi connectivity index (χ3v) is 3.07. The molecule has 0 amide bonds. The molecule has 21 heavy (non-hydrogen) atoms. The number of rotatable bonds is 9. The van der Waals surface area contributed by atoms with Crippen molar-refractivity contribution in [3.05, 3.63) is 5.82 Å². The number of nitrogens with zero attached hydrogens (tertiary/aromatic N) is 2. The van der Waals surface area contributed by atoms with Crippen molar-refractivity contribution in [3.8, 4) is 5.88 Å². The van der Waals surface area contributed by atoms with E-state index in [1.807, 2.05) is 0 Å². The van der Waals surface area contributed by atoms with Gasteiger partial charge in [-0.15, -0.1) is 0 Å². The Morgan fingerprint density at radius 3 is 2.48 bits per heavy atom. The van der Waals surface area contributed by atoms with Gasteiger partial charge in [0.25, 0.3) is 0 Å². The SMILES string of the molecule is CCC(C)Nc1nc(CC(C)C)nc(OCCOC)c1N. The minimum Gasteiger partial charge on any atom is -0.474 e. The third kappa shape index (κ3) is 5.75. The average Bonchev–Trinajstić information content (AvgIpc) is 2.42. The Balaban J connectivity index is 3.00. The lowest BCUT2D eigenvalue weighted by Gasteiger charge is -2.17. The smallest absolute Gasteiger partial charge is 0.242 e. The summed E-state index contributed by atoms with van der Waals surface area (Å²) in [6.45, 7) is 9.38. The number of hydrogen-bond acceptors (Lipinski definition) is 6. The molecule has 0 fully saturated rings. The van der Waals surface area contributed by atoms with E-state index in [0.29, 0.717) is 42.6 Å².